The SMILES string of the molecule is NCCOCCNc1nc[nH]c(=O)c1N. The Hall–Kier alpha value is -1.60. The van der Waals surface area contributed by atoms with Gasteiger partial charge in [0.25, 0.3) is 5.56 Å². The van der Waals surface area contributed by atoms with Gasteiger partial charge in [-0.05, 0) is 0 Å². The molecule has 15 heavy (non-hydrogen) atoms. The second-order valence-corrected chi connectivity index (χ2v) is 2.82. The first-order valence-electron chi connectivity index (χ1n) is 4.60. The fourth-order valence-electron chi connectivity index (χ4n) is 0.978. The van der Waals surface area contributed by atoms with Crippen LogP contribution in [0.4, 0.5) is 11.5 Å². The van der Waals surface area contributed by atoms with Gasteiger partial charge in [-0.1, -0.05) is 0 Å². The highest BCUT2D eigenvalue weighted by molar-refractivity contribution is 5.58. The van der Waals surface area contributed by atoms with Crippen molar-refractivity contribution in [3.05, 3.63) is 16.7 Å². The van der Waals surface area contributed by atoms with E-state index in [1.807, 2.05) is 0 Å². The Balaban J connectivity index is 2.38. The minimum absolute atomic E-state index is 0.0799. The zero-order valence-corrected chi connectivity index (χ0v) is 8.32. The molecule has 7 heteroatoms. The highest BCUT2D eigenvalue weighted by Gasteiger charge is 2.02. The molecule has 0 fully saturated rings. The molecule has 0 saturated carbocycles. The van der Waals surface area contributed by atoms with Crippen LogP contribution in [-0.4, -0.2) is 36.3 Å². The summed E-state index contributed by atoms with van der Waals surface area (Å²) in [6.07, 6.45) is 1.29. The summed E-state index contributed by atoms with van der Waals surface area (Å²) in [5, 5.41) is 2.89. The van der Waals surface area contributed by atoms with Crippen LogP contribution in [0.2, 0.25) is 0 Å². The van der Waals surface area contributed by atoms with Gasteiger partial charge in [-0.2, -0.15) is 0 Å². The van der Waals surface area contributed by atoms with Crippen LogP contribution in [0.3, 0.4) is 0 Å². The molecule has 0 unspecified atom stereocenters. The van der Waals surface area contributed by atoms with Gasteiger partial charge in [0.2, 0.25) is 0 Å². The van der Waals surface area contributed by atoms with Crippen LogP contribution in [0, 0.1) is 0 Å². The maximum absolute atomic E-state index is 11.1. The summed E-state index contributed by atoms with van der Waals surface area (Å²) < 4.78 is 5.13. The van der Waals surface area contributed by atoms with Gasteiger partial charge in [0.15, 0.2) is 5.82 Å². The highest BCUT2D eigenvalue weighted by atomic mass is 16.5. The van der Waals surface area contributed by atoms with E-state index in [1.54, 1.807) is 0 Å². The first kappa shape index (κ1) is 11.5. The Labute approximate surface area is 86.8 Å². The van der Waals surface area contributed by atoms with Crippen molar-refractivity contribution in [3.8, 4) is 0 Å². The van der Waals surface area contributed by atoms with E-state index in [-0.39, 0.29) is 11.2 Å². The summed E-state index contributed by atoms with van der Waals surface area (Å²) in [6.45, 7) is 2.02. The molecule has 1 heterocycles. The normalized spacial score (nSPS) is 10.2. The molecule has 84 valence electrons. The van der Waals surface area contributed by atoms with Gasteiger partial charge in [-0.3, -0.25) is 4.79 Å². The zero-order chi connectivity index (χ0) is 11.1. The van der Waals surface area contributed by atoms with Gasteiger partial charge in [0.1, 0.15) is 5.69 Å². The van der Waals surface area contributed by atoms with E-state index < -0.39 is 0 Å². The molecular formula is C8H15N5O2. The fraction of sp³-hybridized carbons (Fsp3) is 0.500. The summed E-state index contributed by atoms with van der Waals surface area (Å²) >= 11 is 0. The summed E-state index contributed by atoms with van der Waals surface area (Å²) in [5.74, 6) is 0.370. The Kier molecular flexibility index (Phi) is 4.58. The van der Waals surface area contributed by atoms with Crippen molar-refractivity contribution in [2.24, 2.45) is 5.73 Å². The lowest BCUT2D eigenvalue weighted by Gasteiger charge is -2.06. The molecule has 0 bridgehead atoms. The van der Waals surface area contributed by atoms with Gasteiger partial charge in [0.05, 0.1) is 19.5 Å². The molecule has 0 aromatic carbocycles. The number of anilines is 2. The molecule has 6 N–H and O–H groups in total. The zero-order valence-electron chi connectivity index (χ0n) is 8.32. The first-order valence-corrected chi connectivity index (χ1v) is 4.60. The van der Waals surface area contributed by atoms with Crippen LogP contribution >= 0.6 is 0 Å². The van der Waals surface area contributed by atoms with E-state index in [0.717, 1.165) is 0 Å². The second-order valence-electron chi connectivity index (χ2n) is 2.82. The second kappa shape index (κ2) is 5.99. The summed E-state index contributed by atoms with van der Waals surface area (Å²) in [5.41, 5.74) is 10.5. The molecular weight excluding hydrogens is 198 g/mol. The summed E-state index contributed by atoms with van der Waals surface area (Å²) in [4.78, 5) is 17.3. The Morgan fingerprint density at radius 3 is 3.07 bits per heavy atom. The van der Waals surface area contributed by atoms with Crippen LogP contribution in [0.5, 0.6) is 0 Å². The van der Waals surface area contributed by atoms with Crippen LogP contribution in [0.1, 0.15) is 0 Å². The highest BCUT2D eigenvalue weighted by Crippen LogP contribution is 2.05. The number of nitrogens with zero attached hydrogens (tertiary/aromatic N) is 1. The van der Waals surface area contributed by atoms with Gasteiger partial charge in [0, 0.05) is 13.1 Å². The summed E-state index contributed by atoms with van der Waals surface area (Å²) in [6, 6.07) is 0. The number of ether oxygens (including phenoxy) is 1. The van der Waals surface area contributed by atoms with E-state index in [2.05, 4.69) is 15.3 Å². The van der Waals surface area contributed by atoms with Crippen molar-refractivity contribution in [1.29, 1.82) is 0 Å². The van der Waals surface area contributed by atoms with Crippen LogP contribution in [0.15, 0.2) is 11.1 Å². The lowest BCUT2D eigenvalue weighted by Crippen LogP contribution is -2.19. The maximum Gasteiger partial charge on any atom is 0.276 e. The molecule has 1 aromatic heterocycles. The first-order chi connectivity index (χ1) is 7.25. The van der Waals surface area contributed by atoms with Crippen LogP contribution in [-0.2, 0) is 4.74 Å². The molecule has 0 aliphatic heterocycles. The minimum atomic E-state index is -0.352. The van der Waals surface area contributed by atoms with Crippen molar-refractivity contribution in [3.63, 3.8) is 0 Å². The van der Waals surface area contributed by atoms with Gasteiger partial charge >= 0.3 is 0 Å². The number of nitrogens with two attached hydrogens (primary N) is 2. The molecule has 0 aliphatic rings. The maximum atomic E-state index is 11.1. The number of aromatic amines is 1. The van der Waals surface area contributed by atoms with E-state index in [9.17, 15) is 4.79 Å². The van der Waals surface area contributed by atoms with Gasteiger partial charge in [-0.15, -0.1) is 0 Å². The number of H-pyrrole nitrogens is 1. The monoisotopic (exact) mass is 213 g/mol. The number of nitrogens with one attached hydrogen (secondary N) is 2. The molecule has 1 rings (SSSR count). The average molecular weight is 213 g/mol. The van der Waals surface area contributed by atoms with Crippen molar-refractivity contribution < 1.29 is 4.74 Å². The van der Waals surface area contributed by atoms with Crippen LogP contribution < -0.4 is 22.3 Å². The lowest BCUT2D eigenvalue weighted by molar-refractivity contribution is 0.151. The standard InChI is InChI=1S/C8H15N5O2/c9-1-3-15-4-2-11-7-6(10)8(14)13-5-12-7/h5H,1-4,9-10H2,(H2,11,12,13,14). The van der Waals surface area contributed by atoms with Crippen molar-refractivity contribution in [2.75, 3.05) is 37.4 Å². The van der Waals surface area contributed by atoms with Gasteiger partial charge in [-0.25, -0.2) is 4.98 Å². The molecule has 0 aliphatic carbocycles. The van der Waals surface area contributed by atoms with Crippen molar-refractivity contribution in [2.45, 2.75) is 0 Å². The predicted molar refractivity (Wildman–Crippen MR) is 57.6 cm³/mol. The minimum Gasteiger partial charge on any atom is -0.391 e. The lowest BCUT2D eigenvalue weighted by atomic mass is 10.4. The largest absolute Gasteiger partial charge is 0.391 e. The molecule has 1 aromatic rings. The van der Waals surface area contributed by atoms with E-state index in [0.29, 0.717) is 32.1 Å². The molecule has 0 amide bonds. The smallest absolute Gasteiger partial charge is 0.276 e. The van der Waals surface area contributed by atoms with Crippen molar-refractivity contribution in [1.82, 2.24) is 9.97 Å². The number of nitrogen functional groups attached to an aromatic ring is 1. The third-order valence-corrected chi connectivity index (χ3v) is 1.69. The van der Waals surface area contributed by atoms with Gasteiger partial charge < -0.3 is 26.5 Å². The van der Waals surface area contributed by atoms with Crippen LogP contribution in [0.25, 0.3) is 0 Å². The molecule has 0 saturated heterocycles. The number of hydrogen-bond acceptors (Lipinski definition) is 6. The van der Waals surface area contributed by atoms with Crippen molar-refractivity contribution >= 4 is 11.5 Å². The molecule has 0 spiro atoms. The van der Waals surface area contributed by atoms with E-state index in [1.165, 1.54) is 6.33 Å². The topological polar surface area (TPSA) is 119 Å². The molecule has 0 atom stereocenters. The third kappa shape index (κ3) is 3.56. The van der Waals surface area contributed by atoms with E-state index in [4.69, 9.17) is 16.2 Å². The quantitative estimate of drug-likeness (QED) is 0.438. The number of hydrogen-bond donors (Lipinski definition) is 4. The van der Waals surface area contributed by atoms with E-state index >= 15 is 0 Å². The third-order valence-electron chi connectivity index (χ3n) is 1.69. The Bertz CT molecular complexity index is 351. The average Bonchev–Trinajstić information content (AvgIpc) is 2.24. The number of rotatable bonds is 6. The summed E-state index contributed by atoms with van der Waals surface area (Å²) in [7, 11) is 0. The predicted octanol–water partition coefficient (Wildman–Crippen LogP) is -1.26. The fourth-order valence-corrected chi connectivity index (χ4v) is 0.978. The number of aromatic nitrogens is 2. The molecule has 7 nitrogen and oxygen atoms in total. The Morgan fingerprint density at radius 1 is 1.53 bits per heavy atom. The molecule has 0 radical (unpaired) electrons. The Morgan fingerprint density at radius 2 is 2.33 bits per heavy atom.